The Hall–Kier alpha value is -3.10. The Morgan fingerprint density at radius 3 is 2.72 bits per heavy atom. The zero-order chi connectivity index (χ0) is 18.4. The van der Waals surface area contributed by atoms with Crippen molar-refractivity contribution in [1.29, 1.82) is 0 Å². The highest BCUT2D eigenvalue weighted by molar-refractivity contribution is 6.00. The van der Waals surface area contributed by atoms with E-state index >= 15 is 0 Å². The molecular weight excluding hydrogens is 330 g/mol. The molecule has 0 aromatic heterocycles. The Morgan fingerprint density at radius 1 is 1.32 bits per heavy atom. The van der Waals surface area contributed by atoms with Crippen LogP contribution >= 0.6 is 0 Å². The van der Waals surface area contributed by atoms with Crippen molar-refractivity contribution in [2.45, 2.75) is 25.4 Å². The number of ether oxygens (including phenoxy) is 2. The SMILES string of the molecule is CCCOc1ccc(/C=C/[C@H]2NC(=O)NC(=O)[C@H]2[N+](=O)[O-])cc1OC. The zero-order valence-electron chi connectivity index (χ0n) is 13.9. The highest BCUT2D eigenvalue weighted by Crippen LogP contribution is 2.28. The fraction of sp³-hybridized carbons (Fsp3) is 0.375. The van der Waals surface area contributed by atoms with Crippen LogP contribution in [0.3, 0.4) is 0 Å². The third-order valence-electron chi connectivity index (χ3n) is 3.52. The molecule has 25 heavy (non-hydrogen) atoms. The normalized spacial score (nSPS) is 20.1. The number of nitrogens with one attached hydrogen (secondary N) is 2. The molecule has 0 aliphatic carbocycles. The largest absolute Gasteiger partial charge is 0.493 e. The number of hydrogen-bond donors (Lipinski definition) is 2. The first-order valence-electron chi connectivity index (χ1n) is 7.70. The summed E-state index contributed by atoms with van der Waals surface area (Å²) in [7, 11) is 1.51. The molecule has 134 valence electrons. The van der Waals surface area contributed by atoms with Gasteiger partial charge in [0.05, 0.1) is 13.7 Å². The molecule has 0 bridgehead atoms. The molecular formula is C16H19N3O6. The van der Waals surface area contributed by atoms with E-state index in [0.717, 1.165) is 6.42 Å². The van der Waals surface area contributed by atoms with Crippen molar-refractivity contribution in [2.24, 2.45) is 0 Å². The van der Waals surface area contributed by atoms with Crippen molar-refractivity contribution in [2.75, 3.05) is 13.7 Å². The number of amides is 3. The fourth-order valence-corrected chi connectivity index (χ4v) is 2.33. The van der Waals surface area contributed by atoms with Gasteiger partial charge < -0.3 is 14.8 Å². The number of nitrogens with zero attached hydrogens (tertiary/aromatic N) is 1. The van der Waals surface area contributed by atoms with Crippen molar-refractivity contribution in [3.63, 3.8) is 0 Å². The van der Waals surface area contributed by atoms with Crippen LogP contribution < -0.4 is 20.1 Å². The van der Waals surface area contributed by atoms with Gasteiger partial charge in [-0.2, -0.15) is 0 Å². The van der Waals surface area contributed by atoms with Gasteiger partial charge in [-0.25, -0.2) is 4.79 Å². The Kier molecular flexibility index (Phi) is 5.93. The Bertz CT molecular complexity index is 703. The van der Waals surface area contributed by atoms with Crippen LogP contribution in [0.5, 0.6) is 11.5 Å². The predicted octanol–water partition coefficient (Wildman–Crippen LogP) is 1.35. The van der Waals surface area contributed by atoms with Gasteiger partial charge in [-0.3, -0.25) is 20.2 Å². The van der Waals surface area contributed by atoms with E-state index < -0.39 is 28.9 Å². The van der Waals surface area contributed by atoms with Crippen molar-refractivity contribution in [3.8, 4) is 11.5 Å². The molecule has 2 atom stereocenters. The Morgan fingerprint density at radius 2 is 2.08 bits per heavy atom. The summed E-state index contributed by atoms with van der Waals surface area (Å²) in [5, 5.41) is 15.3. The number of rotatable bonds is 7. The lowest BCUT2D eigenvalue weighted by Gasteiger charge is -2.23. The zero-order valence-corrected chi connectivity index (χ0v) is 13.9. The van der Waals surface area contributed by atoms with Crippen LogP contribution in [0.25, 0.3) is 6.08 Å². The standard InChI is InChI=1S/C16H19N3O6/c1-3-8-25-12-7-5-10(9-13(12)24-2)4-6-11-14(19(22)23)15(20)18-16(21)17-11/h4-7,9,11,14H,3,8H2,1-2H3,(H2,17,18,20,21)/b6-4+/t11-,14+/m1/s1. The van der Waals surface area contributed by atoms with Gasteiger partial charge in [-0.1, -0.05) is 25.1 Å². The van der Waals surface area contributed by atoms with E-state index in [1.807, 2.05) is 12.2 Å². The molecule has 1 aliphatic heterocycles. The lowest BCUT2D eigenvalue weighted by Crippen LogP contribution is -2.62. The molecule has 0 spiro atoms. The molecule has 0 radical (unpaired) electrons. The van der Waals surface area contributed by atoms with E-state index in [1.54, 1.807) is 24.3 Å². The quantitative estimate of drug-likeness (QED) is 0.566. The summed E-state index contributed by atoms with van der Waals surface area (Å²) in [5.41, 5.74) is 0.683. The Labute approximate surface area is 144 Å². The monoisotopic (exact) mass is 349 g/mol. The lowest BCUT2D eigenvalue weighted by atomic mass is 10.0. The molecule has 3 amide bonds. The van der Waals surface area contributed by atoms with Crippen molar-refractivity contribution >= 4 is 18.0 Å². The Balaban J connectivity index is 2.20. The van der Waals surface area contributed by atoms with Crippen LogP contribution in [-0.2, 0) is 4.79 Å². The summed E-state index contributed by atoms with van der Waals surface area (Å²) in [6, 6.07) is 1.79. The van der Waals surface area contributed by atoms with Crippen LogP contribution in [0, 0.1) is 10.1 Å². The number of imide groups is 1. The van der Waals surface area contributed by atoms with Crippen LogP contribution in [-0.4, -0.2) is 42.7 Å². The van der Waals surface area contributed by atoms with E-state index in [0.29, 0.717) is 23.7 Å². The van der Waals surface area contributed by atoms with E-state index in [2.05, 4.69) is 5.32 Å². The second-order valence-corrected chi connectivity index (χ2v) is 5.34. The maximum absolute atomic E-state index is 11.6. The van der Waals surface area contributed by atoms with Gasteiger partial charge in [0, 0.05) is 4.92 Å². The van der Waals surface area contributed by atoms with E-state index in [1.165, 1.54) is 13.2 Å². The minimum atomic E-state index is -1.58. The molecule has 1 fully saturated rings. The number of carbonyl (C=O) groups excluding carboxylic acids is 2. The lowest BCUT2D eigenvalue weighted by molar-refractivity contribution is -0.510. The van der Waals surface area contributed by atoms with Gasteiger partial charge in [0.25, 0.3) is 0 Å². The molecule has 0 saturated carbocycles. The van der Waals surface area contributed by atoms with Crippen molar-refractivity contribution < 1.29 is 24.0 Å². The summed E-state index contributed by atoms with van der Waals surface area (Å²) in [6.07, 6.45) is 3.84. The molecule has 1 aromatic rings. The number of carbonyl (C=O) groups is 2. The third kappa shape index (κ3) is 4.46. The predicted molar refractivity (Wildman–Crippen MR) is 89.1 cm³/mol. The summed E-state index contributed by atoms with van der Waals surface area (Å²) in [5.74, 6) is 0.172. The number of methoxy groups -OCH3 is 1. The second kappa shape index (κ2) is 8.13. The molecule has 1 saturated heterocycles. The number of urea groups is 1. The average Bonchev–Trinajstić information content (AvgIpc) is 2.57. The topological polar surface area (TPSA) is 120 Å². The summed E-state index contributed by atoms with van der Waals surface area (Å²) >= 11 is 0. The van der Waals surface area contributed by atoms with Crippen LogP contribution in [0.4, 0.5) is 4.79 Å². The number of nitro groups is 1. The molecule has 2 N–H and O–H groups in total. The minimum absolute atomic E-state index is 0.520. The molecule has 0 unspecified atom stereocenters. The van der Waals surface area contributed by atoms with E-state index in [-0.39, 0.29) is 0 Å². The van der Waals surface area contributed by atoms with Gasteiger partial charge in [0.1, 0.15) is 6.04 Å². The minimum Gasteiger partial charge on any atom is -0.493 e. The molecule has 9 nitrogen and oxygen atoms in total. The number of hydrogen-bond acceptors (Lipinski definition) is 6. The third-order valence-corrected chi connectivity index (χ3v) is 3.52. The van der Waals surface area contributed by atoms with Gasteiger partial charge in [0.2, 0.25) is 0 Å². The molecule has 9 heteroatoms. The first-order valence-corrected chi connectivity index (χ1v) is 7.70. The average molecular weight is 349 g/mol. The van der Waals surface area contributed by atoms with Crippen molar-refractivity contribution in [1.82, 2.24) is 10.6 Å². The summed E-state index contributed by atoms with van der Waals surface area (Å²) in [6.45, 7) is 2.54. The fourth-order valence-electron chi connectivity index (χ4n) is 2.33. The van der Waals surface area contributed by atoms with E-state index in [4.69, 9.17) is 9.47 Å². The van der Waals surface area contributed by atoms with Gasteiger partial charge >= 0.3 is 18.0 Å². The molecule has 2 rings (SSSR count). The maximum Gasteiger partial charge on any atom is 0.322 e. The summed E-state index contributed by atoms with van der Waals surface area (Å²) < 4.78 is 10.8. The first-order chi connectivity index (χ1) is 12.0. The number of benzene rings is 1. The van der Waals surface area contributed by atoms with Crippen LogP contribution in [0.1, 0.15) is 18.9 Å². The van der Waals surface area contributed by atoms with Crippen LogP contribution in [0.2, 0.25) is 0 Å². The smallest absolute Gasteiger partial charge is 0.322 e. The van der Waals surface area contributed by atoms with E-state index in [9.17, 15) is 19.7 Å². The second-order valence-electron chi connectivity index (χ2n) is 5.34. The van der Waals surface area contributed by atoms with Crippen LogP contribution in [0.15, 0.2) is 24.3 Å². The first kappa shape index (κ1) is 18.2. The van der Waals surface area contributed by atoms with Crippen molar-refractivity contribution in [3.05, 3.63) is 40.0 Å². The highest BCUT2D eigenvalue weighted by atomic mass is 16.6. The maximum atomic E-state index is 11.6. The highest BCUT2D eigenvalue weighted by Gasteiger charge is 2.43. The molecule has 1 aliphatic rings. The van der Waals surface area contributed by atoms with Gasteiger partial charge in [-0.05, 0) is 24.1 Å². The summed E-state index contributed by atoms with van der Waals surface area (Å²) in [4.78, 5) is 33.3. The van der Waals surface area contributed by atoms with Gasteiger partial charge in [0.15, 0.2) is 11.5 Å². The molecule has 1 aromatic carbocycles. The molecule has 1 heterocycles. The van der Waals surface area contributed by atoms with Gasteiger partial charge in [-0.15, -0.1) is 0 Å².